The monoisotopic (exact) mass is 516 g/mol. The van der Waals surface area contributed by atoms with Gasteiger partial charge in [0.15, 0.2) is 6.61 Å². The van der Waals surface area contributed by atoms with Crippen LogP contribution in [0.4, 0.5) is 23.2 Å². The summed E-state index contributed by atoms with van der Waals surface area (Å²) in [6, 6.07) is 10.0. The van der Waals surface area contributed by atoms with Crippen LogP contribution in [0.2, 0.25) is 0 Å². The van der Waals surface area contributed by atoms with Crippen molar-refractivity contribution in [2.75, 3.05) is 23.8 Å². The normalized spacial score (nSPS) is 23.3. The Morgan fingerprint density at radius 1 is 1.14 bits per heavy atom. The van der Waals surface area contributed by atoms with Crippen LogP contribution in [0.3, 0.4) is 0 Å². The van der Waals surface area contributed by atoms with Gasteiger partial charge in [-0.05, 0) is 40.7 Å². The zero-order valence-corrected chi connectivity index (χ0v) is 20.8. The van der Waals surface area contributed by atoms with Crippen LogP contribution in [0, 0.1) is 11.7 Å². The Morgan fingerprint density at radius 2 is 1.86 bits per heavy atom. The number of aliphatic hydroxyl groups is 1. The van der Waals surface area contributed by atoms with E-state index < -0.39 is 58.9 Å². The lowest BCUT2D eigenvalue weighted by atomic mass is 9.86. The first-order chi connectivity index (χ1) is 16.2. The molecule has 0 amide bonds. The topological polar surface area (TPSA) is 84.6 Å². The fraction of sp³-hybridized carbons (Fsp3) is 0.520. The Morgan fingerprint density at radius 3 is 2.51 bits per heavy atom. The van der Waals surface area contributed by atoms with E-state index in [2.05, 4.69) is 43.0 Å². The van der Waals surface area contributed by atoms with Crippen molar-refractivity contribution in [1.29, 1.82) is 0 Å². The van der Waals surface area contributed by atoms with Gasteiger partial charge in [-0.2, -0.15) is 13.2 Å². The number of rotatable bonds is 7. The van der Waals surface area contributed by atoms with E-state index in [-0.39, 0.29) is 23.3 Å². The maximum atomic E-state index is 14.3. The Bertz CT molecular complexity index is 1060. The Labute approximate surface area is 205 Å². The first kappa shape index (κ1) is 27.4. The van der Waals surface area contributed by atoms with E-state index >= 15 is 0 Å². The van der Waals surface area contributed by atoms with Crippen molar-refractivity contribution in [2.24, 2.45) is 5.92 Å². The summed E-state index contributed by atoms with van der Waals surface area (Å²) in [6.07, 6.45) is -5.36. The van der Waals surface area contributed by atoms with E-state index in [1.807, 2.05) is 12.1 Å². The van der Waals surface area contributed by atoms with Crippen molar-refractivity contribution in [3.05, 3.63) is 58.9 Å². The largest absolute Gasteiger partial charge is 0.482 e. The molecule has 194 valence electrons. The highest BCUT2D eigenvalue weighted by molar-refractivity contribution is 7.85. The van der Waals surface area contributed by atoms with Gasteiger partial charge >= 0.3 is 6.18 Å². The van der Waals surface area contributed by atoms with Gasteiger partial charge in [0.25, 0.3) is 0 Å². The number of halogens is 4. The molecule has 2 aromatic rings. The second kappa shape index (κ2) is 10.8. The zero-order valence-electron chi connectivity index (χ0n) is 20.0. The fourth-order valence-corrected chi connectivity index (χ4v) is 5.78. The Kier molecular flexibility index (Phi) is 8.49. The second-order valence-electron chi connectivity index (χ2n) is 10.1. The molecule has 0 aromatic heterocycles. The number of anilines is 1. The predicted molar refractivity (Wildman–Crippen MR) is 129 cm³/mol. The molecule has 0 bridgehead atoms. The zero-order chi connectivity index (χ0) is 26.0. The maximum absolute atomic E-state index is 14.3. The summed E-state index contributed by atoms with van der Waals surface area (Å²) in [6.45, 7) is 5.24. The molecule has 0 spiro atoms. The van der Waals surface area contributed by atoms with Crippen LogP contribution < -0.4 is 15.8 Å². The SMILES string of the molecule is CC(C)(C)c1cccc(CN[C@H]2C[S@@](=O)C[C@@H](Cc3cc(F)c(N)c(OCC(F)(F)F)c3)[C@@H]2O)c1. The van der Waals surface area contributed by atoms with E-state index in [0.717, 1.165) is 11.6 Å². The highest BCUT2D eigenvalue weighted by Gasteiger charge is 2.36. The number of benzene rings is 2. The average molecular weight is 517 g/mol. The summed E-state index contributed by atoms with van der Waals surface area (Å²) in [7, 11) is -1.22. The number of nitrogens with one attached hydrogen (secondary N) is 1. The number of hydrogen-bond acceptors (Lipinski definition) is 5. The highest BCUT2D eigenvalue weighted by Crippen LogP contribution is 2.31. The summed E-state index contributed by atoms with van der Waals surface area (Å²) in [5.74, 6) is -1.32. The van der Waals surface area contributed by atoms with Crippen LogP contribution in [0.25, 0.3) is 0 Å². The second-order valence-corrected chi connectivity index (χ2v) is 11.6. The van der Waals surface area contributed by atoms with Gasteiger partial charge in [-0.15, -0.1) is 0 Å². The van der Waals surface area contributed by atoms with Crippen LogP contribution in [0.1, 0.15) is 37.5 Å². The molecule has 35 heavy (non-hydrogen) atoms. The maximum Gasteiger partial charge on any atom is 0.422 e. The van der Waals surface area contributed by atoms with Crippen LogP contribution >= 0.6 is 0 Å². The number of nitrogens with two attached hydrogens (primary N) is 1. The molecule has 1 saturated heterocycles. The molecule has 1 aliphatic rings. The van der Waals surface area contributed by atoms with Crippen molar-refractivity contribution < 1.29 is 31.6 Å². The van der Waals surface area contributed by atoms with Crippen molar-refractivity contribution in [3.8, 4) is 5.75 Å². The van der Waals surface area contributed by atoms with Gasteiger partial charge in [0.2, 0.25) is 0 Å². The third kappa shape index (κ3) is 7.65. The van der Waals surface area contributed by atoms with Crippen molar-refractivity contribution >= 4 is 16.5 Å². The van der Waals surface area contributed by atoms with Crippen LogP contribution in [-0.4, -0.2) is 45.8 Å². The van der Waals surface area contributed by atoms with Gasteiger partial charge in [0.1, 0.15) is 17.3 Å². The molecule has 3 rings (SSSR count). The average Bonchev–Trinajstić information content (AvgIpc) is 2.75. The minimum Gasteiger partial charge on any atom is -0.482 e. The number of ether oxygens (including phenoxy) is 1. The summed E-state index contributed by atoms with van der Waals surface area (Å²) >= 11 is 0. The molecule has 4 N–H and O–H groups in total. The molecule has 0 radical (unpaired) electrons. The minimum absolute atomic E-state index is 0.00995. The number of alkyl halides is 3. The van der Waals surface area contributed by atoms with Gasteiger partial charge in [-0.1, -0.05) is 45.0 Å². The number of aliphatic hydroxyl groups excluding tert-OH is 1. The van der Waals surface area contributed by atoms with Gasteiger partial charge in [0, 0.05) is 40.8 Å². The summed E-state index contributed by atoms with van der Waals surface area (Å²) in [5.41, 5.74) is 7.54. The van der Waals surface area contributed by atoms with E-state index in [1.165, 1.54) is 11.6 Å². The van der Waals surface area contributed by atoms with Gasteiger partial charge in [0.05, 0.1) is 6.10 Å². The van der Waals surface area contributed by atoms with E-state index in [4.69, 9.17) is 5.73 Å². The van der Waals surface area contributed by atoms with Crippen molar-refractivity contribution in [3.63, 3.8) is 0 Å². The number of hydrogen-bond donors (Lipinski definition) is 3. The summed E-state index contributed by atoms with van der Waals surface area (Å²) in [4.78, 5) is 0. The molecular formula is C25H32F4N2O3S. The van der Waals surface area contributed by atoms with Crippen LogP contribution in [-0.2, 0) is 29.2 Å². The van der Waals surface area contributed by atoms with E-state index in [9.17, 15) is 26.9 Å². The molecule has 0 aliphatic carbocycles. The standard InChI is InChI=1S/C25H32F4N2O3S/c1-24(2,3)18-6-4-5-15(8-18)11-31-20-13-35(33)12-17(23(20)32)7-16-9-19(26)22(30)21(10-16)34-14-25(27,28)29/h4-6,8-10,17,20,23,31-32H,7,11-14,30H2,1-3H3/t17-,20+,23+,35+/m1/s1. The Balaban J connectivity index is 1.70. The van der Waals surface area contributed by atoms with Gasteiger partial charge < -0.3 is 20.9 Å². The number of nitrogen functional groups attached to an aromatic ring is 1. The molecule has 2 aromatic carbocycles. The molecule has 5 nitrogen and oxygen atoms in total. The van der Waals surface area contributed by atoms with Gasteiger partial charge in [-0.25, -0.2) is 4.39 Å². The Hall–Kier alpha value is -2.17. The van der Waals surface area contributed by atoms with E-state index in [1.54, 1.807) is 0 Å². The molecular weight excluding hydrogens is 484 g/mol. The molecule has 10 heteroatoms. The molecule has 0 unspecified atom stereocenters. The first-order valence-corrected chi connectivity index (χ1v) is 12.8. The molecule has 1 fully saturated rings. The summed E-state index contributed by atoms with van der Waals surface area (Å²) < 4.78 is 69.1. The van der Waals surface area contributed by atoms with E-state index in [0.29, 0.717) is 12.1 Å². The predicted octanol–water partition coefficient (Wildman–Crippen LogP) is 4.09. The molecule has 4 atom stereocenters. The minimum atomic E-state index is -4.60. The van der Waals surface area contributed by atoms with Crippen LogP contribution in [0.15, 0.2) is 36.4 Å². The highest BCUT2D eigenvalue weighted by atomic mass is 32.2. The third-order valence-corrected chi connectivity index (χ3v) is 7.59. The van der Waals surface area contributed by atoms with Crippen molar-refractivity contribution in [1.82, 2.24) is 5.32 Å². The first-order valence-electron chi connectivity index (χ1n) is 11.4. The molecule has 1 aliphatic heterocycles. The van der Waals surface area contributed by atoms with Crippen molar-refractivity contribution in [2.45, 2.75) is 57.5 Å². The summed E-state index contributed by atoms with van der Waals surface area (Å²) in [5, 5.41) is 14.3. The molecule has 1 heterocycles. The lowest BCUT2D eigenvalue weighted by Crippen LogP contribution is -2.53. The quantitative estimate of drug-likeness (QED) is 0.382. The van der Waals surface area contributed by atoms with Crippen LogP contribution in [0.5, 0.6) is 5.75 Å². The molecule has 0 saturated carbocycles. The van der Waals surface area contributed by atoms with Gasteiger partial charge in [-0.3, -0.25) is 4.21 Å². The lowest BCUT2D eigenvalue weighted by molar-refractivity contribution is -0.153. The lowest BCUT2D eigenvalue weighted by Gasteiger charge is -2.35. The third-order valence-electron chi connectivity index (χ3n) is 6.06. The fourth-order valence-electron chi connectivity index (χ4n) is 4.13. The smallest absolute Gasteiger partial charge is 0.422 e.